The number of amides is 3. The molecule has 1 fully saturated rings. The molecule has 5 nitrogen and oxygen atoms in total. The van der Waals surface area contributed by atoms with E-state index < -0.39 is 11.4 Å². The van der Waals surface area contributed by atoms with Crippen LogP contribution in [0.4, 0.5) is 4.79 Å². The van der Waals surface area contributed by atoms with Crippen molar-refractivity contribution in [2.75, 3.05) is 20.1 Å². The van der Waals surface area contributed by atoms with Crippen LogP contribution in [0.3, 0.4) is 0 Å². The molecule has 2 aliphatic rings. The van der Waals surface area contributed by atoms with Gasteiger partial charge in [-0.15, -0.1) is 0 Å². The highest BCUT2D eigenvalue weighted by molar-refractivity contribution is 6.05. The Labute approximate surface area is 149 Å². The second-order valence-corrected chi connectivity index (χ2v) is 6.78. The van der Waals surface area contributed by atoms with E-state index >= 15 is 0 Å². The summed E-state index contributed by atoms with van der Waals surface area (Å²) >= 11 is 0. The standard InChI is InChI=1S/C20H26N2O3/c1-4-5-6-10-13-17(23)14-22-18(24)20(2,15-21(3)19(22)25)16-11-8-7-9-12-16/h4-6,10-11,13H,1,7-9,12,14-15H2,2-3H3/b6-5-,13-10+. The molecule has 1 aliphatic carbocycles. The molecule has 2 rings (SSSR count). The lowest BCUT2D eigenvalue weighted by Gasteiger charge is -2.44. The van der Waals surface area contributed by atoms with Crippen molar-refractivity contribution in [3.8, 4) is 0 Å². The lowest BCUT2D eigenvalue weighted by atomic mass is 9.74. The van der Waals surface area contributed by atoms with E-state index in [9.17, 15) is 14.4 Å². The Bertz CT molecular complexity index is 660. The van der Waals surface area contributed by atoms with Gasteiger partial charge in [-0.25, -0.2) is 4.79 Å². The zero-order chi connectivity index (χ0) is 18.4. The SMILES string of the molecule is C=C/C=C\C=C\C(=O)CN1C(=O)N(C)CC(C)(C2=CCCCC2)C1=O. The van der Waals surface area contributed by atoms with Gasteiger partial charge in [0.15, 0.2) is 5.78 Å². The lowest BCUT2D eigenvalue weighted by Crippen LogP contribution is -2.61. The molecule has 0 radical (unpaired) electrons. The van der Waals surface area contributed by atoms with Crippen LogP contribution >= 0.6 is 0 Å². The van der Waals surface area contributed by atoms with E-state index in [1.54, 1.807) is 31.4 Å². The molecule has 1 heterocycles. The molecule has 0 aromatic carbocycles. The fraction of sp³-hybridized carbons (Fsp3) is 0.450. The average molecular weight is 342 g/mol. The minimum Gasteiger partial charge on any atom is -0.326 e. The summed E-state index contributed by atoms with van der Waals surface area (Å²) < 4.78 is 0. The summed E-state index contributed by atoms with van der Waals surface area (Å²) in [4.78, 5) is 40.2. The predicted octanol–water partition coefficient (Wildman–Crippen LogP) is 3.25. The summed E-state index contributed by atoms with van der Waals surface area (Å²) in [6.45, 7) is 5.56. The molecule has 0 aromatic rings. The molecule has 0 saturated carbocycles. The first-order valence-electron chi connectivity index (χ1n) is 8.65. The van der Waals surface area contributed by atoms with E-state index in [2.05, 4.69) is 12.7 Å². The first-order chi connectivity index (χ1) is 11.9. The van der Waals surface area contributed by atoms with Crippen molar-refractivity contribution in [2.45, 2.75) is 32.6 Å². The molecule has 1 atom stereocenters. The third kappa shape index (κ3) is 4.16. The van der Waals surface area contributed by atoms with Gasteiger partial charge in [0.2, 0.25) is 5.91 Å². The van der Waals surface area contributed by atoms with Gasteiger partial charge in [0, 0.05) is 13.6 Å². The van der Waals surface area contributed by atoms with Crippen molar-refractivity contribution >= 4 is 17.7 Å². The maximum Gasteiger partial charge on any atom is 0.326 e. The molecule has 3 amide bonds. The Morgan fingerprint density at radius 3 is 2.68 bits per heavy atom. The Kier molecular flexibility index (Phi) is 6.12. The number of hydrogen-bond donors (Lipinski definition) is 0. The molecule has 0 spiro atoms. The van der Waals surface area contributed by atoms with E-state index in [-0.39, 0.29) is 18.2 Å². The molecule has 1 saturated heterocycles. The topological polar surface area (TPSA) is 57.7 Å². The van der Waals surface area contributed by atoms with Gasteiger partial charge in [0.05, 0.1) is 12.0 Å². The fourth-order valence-electron chi connectivity index (χ4n) is 3.43. The van der Waals surface area contributed by atoms with Crippen molar-refractivity contribution in [1.82, 2.24) is 9.80 Å². The van der Waals surface area contributed by atoms with Crippen LogP contribution in [0.5, 0.6) is 0 Å². The molecule has 134 valence electrons. The van der Waals surface area contributed by atoms with Gasteiger partial charge in [-0.05, 0) is 38.7 Å². The minimum absolute atomic E-state index is 0.233. The first kappa shape index (κ1) is 18.9. The lowest BCUT2D eigenvalue weighted by molar-refractivity contribution is -0.142. The Morgan fingerprint density at radius 1 is 1.28 bits per heavy atom. The van der Waals surface area contributed by atoms with Crippen molar-refractivity contribution in [1.29, 1.82) is 0 Å². The van der Waals surface area contributed by atoms with Crippen LogP contribution in [0.15, 0.2) is 48.6 Å². The normalized spacial score (nSPS) is 25.0. The molecule has 25 heavy (non-hydrogen) atoms. The highest BCUT2D eigenvalue weighted by atomic mass is 16.2. The van der Waals surface area contributed by atoms with E-state index in [4.69, 9.17) is 0 Å². The second kappa shape index (κ2) is 8.10. The van der Waals surface area contributed by atoms with Crippen LogP contribution in [0, 0.1) is 5.41 Å². The minimum atomic E-state index is -0.740. The zero-order valence-electron chi connectivity index (χ0n) is 15.0. The van der Waals surface area contributed by atoms with Crippen LogP contribution in [0.2, 0.25) is 0 Å². The maximum atomic E-state index is 13.0. The summed E-state index contributed by atoms with van der Waals surface area (Å²) in [6, 6.07) is -0.415. The summed E-state index contributed by atoms with van der Waals surface area (Å²) in [6.07, 6.45) is 14.1. The van der Waals surface area contributed by atoms with Gasteiger partial charge in [0.1, 0.15) is 0 Å². The number of hydrogen-bond acceptors (Lipinski definition) is 3. The summed E-state index contributed by atoms with van der Waals surface area (Å²) in [5.74, 6) is -0.558. The van der Waals surface area contributed by atoms with Crippen molar-refractivity contribution in [3.63, 3.8) is 0 Å². The summed E-state index contributed by atoms with van der Waals surface area (Å²) in [7, 11) is 1.68. The molecular formula is C20H26N2O3. The molecule has 0 N–H and O–H groups in total. The van der Waals surface area contributed by atoms with E-state index in [0.717, 1.165) is 36.2 Å². The molecule has 1 unspecified atom stereocenters. The smallest absolute Gasteiger partial charge is 0.326 e. The highest BCUT2D eigenvalue weighted by Crippen LogP contribution is 2.39. The molecule has 0 aromatic heterocycles. The van der Waals surface area contributed by atoms with Gasteiger partial charge in [-0.3, -0.25) is 14.5 Å². The quantitative estimate of drug-likeness (QED) is 0.423. The average Bonchev–Trinajstić information content (AvgIpc) is 2.61. The largest absolute Gasteiger partial charge is 0.326 e. The van der Waals surface area contributed by atoms with E-state index in [1.807, 2.05) is 6.92 Å². The van der Waals surface area contributed by atoms with Gasteiger partial charge in [0.25, 0.3) is 0 Å². The zero-order valence-corrected chi connectivity index (χ0v) is 15.0. The Hall–Kier alpha value is -2.43. The van der Waals surface area contributed by atoms with Crippen molar-refractivity contribution in [3.05, 3.63) is 48.6 Å². The number of ketones is 1. The number of nitrogens with zero attached hydrogens (tertiary/aromatic N) is 2. The van der Waals surface area contributed by atoms with E-state index in [0.29, 0.717) is 6.54 Å². The van der Waals surface area contributed by atoms with E-state index in [1.165, 1.54) is 11.0 Å². The molecular weight excluding hydrogens is 316 g/mol. The number of carbonyl (C=O) groups is 3. The Balaban J connectivity index is 2.19. The maximum absolute atomic E-state index is 13.0. The summed E-state index contributed by atoms with van der Waals surface area (Å²) in [5.41, 5.74) is 0.348. The van der Waals surface area contributed by atoms with Gasteiger partial charge in [-0.1, -0.05) is 42.5 Å². The number of rotatable bonds is 6. The highest BCUT2D eigenvalue weighted by Gasteiger charge is 2.48. The van der Waals surface area contributed by atoms with Gasteiger partial charge < -0.3 is 4.90 Å². The van der Waals surface area contributed by atoms with Crippen LogP contribution in [0.25, 0.3) is 0 Å². The number of urea groups is 1. The molecule has 5 heteroatoms. The molecule has 1 aliphatic heterocycles. The van der Waals surface area contributed by atoms with Gasteiger partial charge in [-0.2, -0.15) is 0 Å². The molecule has 0 bridgehead atoms. The van der Waals surface area contributed by atoms with Gasteiger partial charge >= 0.3 is 6.03 Å². The van der Waals surface area contributed by atoms with Crippen molar-refractivity contribution < 1.29 is 14.4 Å². The Morgan fingerprint density at radius 2 is 2.04 bits per heavy atom. The second-order valence-electron chi connectivity index (χ2n) is 6.78. The van der Waals surface area contributed by atoms with Crippen LogP contribution in [-0.4, -0.2) is 47.7 Å². The van der Waals surface area contributed by atoms with Crippen LogP contribution < -0.4 is 0 Å². The summed E-state index contributed by atoms with van der Waals surface area (Å²) in [5, 5.41) is 0. The van der Waals surface area contributed by atoms with Crippen LogP contribution in [-0.2, 0) is 9.59 Å². The number of carbonyl (C=O) groups excluding carboxylic acids is 3. The predicted molar refractivity (Wildman–Crippen MR) is 97.9 cm³/mol. The first-order valence-corrected chi connectivity index (χ1v) is 8.65. The number of allylic oxidation sites excluding steroid dienone is 5. The van der Waals surface area contributed by atoms with Crippen molar-refractivity contribution in [2.24, 2.45) is 5.41 Å². The fourth-order valence-corrected chi connectivity index (χ4v) is 3.43. The third-order valence-electron chi connectivity index (χ3n) is 4.78. The number of imide groups is 1. The monoisotopic (exact) mass is 342 g/mol. The third-order valence-corrected chi connectivity index (χ3v) is 4.78. The van der Waals surface area contributed by atoms with Crippen LogP contribution in [0.1, 0.15) is 32.6 Å².